The lowest BCUT2D eigenvalue weighted by Crippen LogP contribution is -1.91. The second-order valence-electron chi connectivity index (χ2n) is 4.05. The van der Waals surface area contributed by atoms with Gasteiger partial charge in [0.1, 0.15) is 5.82 Å². The van der Waals surface area contributed by atoms with E-state index < -0.39 is 0 Å². The summed E-state index contributed by atoms with van der Waals surface area (Å²) in [5.41, 5.74) is 7.22. The molecule has 0 amide bonds. The molecule has 5 nitrogen and oxygen atoms in total. The number of benzene rings is 2. The average molecular weight is 271 g/mol. The number of nitro groups is 1. The highest BCUT2D eigenvalue weighted by Crippen LogP contribution is 2.34. The Kier molecular flexibility index (Phi) is 2.64. The number of anilines is 1. The standard InChI is InChI=1S/C13H9N3O2S/c14-13-10-6-5-8(7-12(10)19-15-13)9-3-1-2-4-11(9)16(17)18/h1-7H,(H2,14,15). The number of nitrogens with zero attached hydrogens (tertiary/aromatic N) is 2. The van der Waals surface area contributed by atoms with E-state index in [1.54, 1.807) is 18.2 Å². The van der Waals surface area contributed by atoms with Gasteiger partial charge in [0.2, 0.25) is 0 Å². The van der Waals surface area contributed by atoms with Crippen LogP contribution >= 0.6 is 11.5 Å². The fourth-order valence-electron chi connectivity index (χ4n) is 2.00. The molecule has 1 heterocycles. The van der Waals surface area contributed by atoms with Crippen LogP contribution in [0, 0.1) is 10.1 Å². The first-order valence-electron chi connectivity index (χ1n) is 5.55. The minimum absolute atomic E-state index is 0.0966. The maximum Gasteiger partial charge on any atom is 0.277 e. The molecule has 19 heavy (non-hydrogen) atoms. The maximum absolute atomic E-state index is 11.0. The topological polar surface area (TPSA) is 82.0 Å². The van der Waals surface area contributed by atoms with Gasteiger partial charge in [0.05, 0.1) is 15.2 Å². The number of fused-ring (bicyclic) bond motifs is 1. The highest BCUT2D eigenvalue weighted by Gasteiger charge is 2.15. The van der Waals surface area contributed by atoms with Gasteiger partial charge in [-0.05, 0) is 35.3 Å². The van der Waals surface area contributed by atoms with Crippen LogP contribution < -0.4 is 5.73 Å². The van der Waals surface area contributed by atoms with Gasteiger partial charge in [-0.1, -0.05) is 18.2 Å². The maximum atomic E-state index is 11.0. The van der Waals surface area contributed by atoms with Gasteiger partial charge in [-0.2, -0.15) is 4.37 Å². The van der Waals surface area contributed by atoms with E-state index in [1.165, 1.54) is 17.6 Å². The molecule has 0 saturated heterocycles. The summed E-state index contributed by atoms with van der Waals surface area (Å²) >= 11 is 1.29. The van der Waals surface area contributed by atoms with Gasteiger partial charge in [-0.15, -0.1) is 0 Å². The van der Waals surface area contributed by atoms with E-state index in [9.17, 15) is 10.1 Å². The Hall–Kier alpha value is -2.47. The number of nitrogen functional groups attached to an aromatic ring is 1. The SMILES string of the molecule is Nc1nsc2cc(-c3ccccc3[N+](=O)[O-])ccc12. The van der Waals surface area contributed by atoms with Gasteiger partial charge in [-0.3, -0.25) is 10.1 Å². The lowest BCUT2D eigenvalue weighted by molar-refractivity contribution is -0.384. The third-order valence-corrected chi connectivity index (χ3v) is 3.73. The van der Waals surface area contributed by atoms with Crippen molar-refractivity contribution >= 4 is 33.1 Å². The second kappa shape index (κ2) is 4.33. The molecule has 0 radical (unpaired) electrons. The van der Waals surface area contributed by atoms with Gasteiger partial charge in [0.25, 0.3) is 5.69 Å². The lowest BCUT2D eigenvalue weighted by Gasteiger charge is -2.03. The Bertz CT molecular complexity index is 782. The fraction of sp³-hybridized carbons (Fsp3) is 0. The zero-order valence-electron chi connectivity index (χ0n) is 9.74. The highest BCUT2D eigenvalue weighted by molar-refractivity contribution is 7.13. The molecule has 3 rings (SSSR count). The van der Waals surface area contributed by atoms with Crippen molar-refractivity contribution in [2.75, 3.05) is 5.73 Å². The zero-order chi connectivity index (χ0) is 13.4. The molecule has 0 aliphatic heterocycles. The smallest absolute Gasteiger partial charge is 0.277 e. The Balaban J connectivity index is 2.22. The van der Waals surface area contributed by atoms with Crippen molar-refractivity contribution in [3.05, 3.63) is 52.6 Å². The summed E-state index contributed by atoms with van der Waals surface area (Å²) in [6.45, 7) is 0. The largest absolute Gasteiger partial charge is 0.382 e. The number of nitro benzene ring substituents is 1. The summed E-state index contributed by atoms with van der Waals surface area (Å²) in [6, 6.07) is 12.2. The van der Waals surface area contributed by atoms with Crippen molar-refractivity contribution in [2.24, 2.45) is 0 Å². The quantitative estimate of drug-likeness (QED) is 0.571. The van der Waals surface area contributed by atoms with Gasteiger partial charge in [0.15, 0.2) is 0 Å². The molecule has 0 aliphatic rings. The molecule has 0 atom stereocenters. The molecule has 3 aromatic rings. The van der Waals surface area contributed by atoms with Gasteiger partial charge < -0.3 is 5.73 Å². The van der Waals surface area contributed by atoms with Crippen LogP contribution in [0.1, 0.15) is 0 Å². The van der Waals surface area contributed by atoms with Crippen LogP contribution in [0.25, 0.3) is 21.2 Å². The van der Waals surface area contributed by atoms with Gasteiger partial charge >= 0.3 is 0 Å². The van der Waals surface area contributed by atoms with Crippen LogP contribution in [-0.2, 0) is 0 Å². The number of rotatable bonds is 2. The van der Waals surface area contributed by atoms with E-state index in [4.69, 9.17) is 5.73 Å². The molecule has 2 aromatic carbocycles. The van der Waals surface area contributed by atoms with Crippen molar-refractivity contribution in [3.8, 4) is 11.1 Å². The monoisotopic (exact) mass is 271 g/mol. The molecule has 0 spiro atoms. The normalized spacial score (nSPS) is 10.7. The summed E-state index contributed by atoms with van der Waals surface area (Å²) in [6.07, 6.45) is 0. The fourth-order valence-corrected chi connectivity index (χ4v) is 2.75. The van der Waals surface area contributed by atoms with E-state index in [-0.39, 0.29) is 10.6 Å². The first-order valence-corrected chi connectivity index (χ1v) is 6.33. The van der Waals surface area contributed by atoms with Crippen LogP contribution in [-0.4, -0.2) is 9.30 Å². The van der Waals surface area contributed by atoms with Crippen molar-refractivity contribution in [3.63, 3.8) is 0 Å². The Morgan fingerprint density at radius 3 is 2.79 bits per heavy atom. The Labute approximate surface area is 112 Å². The van der Waals surface area contributed by atoms with Gasteiger partial charge in [0, 0.05) is 11.5 Å². The summed E-state index contributed by atoms with van der Waals surface area (Å²) in [4.78, 5) is 10.7. The number of para-hydroxylation sites is 1. The zero-order valence-corrected chi connectivity index (χ0v) is 10.6. The molecular weight excluding hydrogens is 262 g/mol. The van der Waals surface area contributed by atoms with E-state index in [2.05, 4.69) is 4.37 Å². The average Bonchev–Trinajstić information content (AvgIpc) is 2.80. The molecule has 0 bridgehead atoms. The van der Waals surface area contributed by atoms with Crippen molar-refractivity contribution in [1.29, 1.82) is 0 Å². The van der Waals surface area contributed by atoms with E-state index in [1.807, 2.05) is 18.2 Å². The third kappa shape index (κ3) is 1.92. The van der Waals surface area contributed by atoms with Crippen LogP contribution in [0.4, 0.5) is 11.5 Å². The summed E-state index contributed by atoms with van der Waals surface area (Å²) in [7, 11) is 0. The molecule has 0 aliphatic carbocycles. The van der Waals surface area contributed by atoms with Crippen LogP contribution in [0.2, 0.25) is 0 Å². The molecule has 1 aromatic heterocycles. The van der Waals surface area contributed by atoms with E-state index in [0.29, 0.717) is 11.4 Å². The summed E-state index contributed by atoms with van der Waals surface area (Å²) in [5, 5.41) is 11.9. The van der Waals surface area contributed by atoms with Crippen molar-refractivity contribution in [2.45, 2.75) is 0 Å². The molecule has 6 heteroatoms. The van der Waals surface area contributed by atoms with Crippen molar-refractivity contribution in [1.82, 2.24) is 4.37 Å². The molecular formula is C13H9N3O2S. The van der Waals surface area contributed by atoms with Crippen LogP contribution in [0.5, 0.6) is 0 Å². The Morgan fingerprint density at radius 2 is 2.00 bits per heavy atom. The second-order valence-corrected chi connectivity index (χ2v) is 4.86. The number of hydrogen-bond donors (Lipinski definition) is 1. The third-order valence-electron chi connectivity index (χ3n) is 2.91. The summed E-state index contributed by atoms with van der Waals surface area (Å²) in [5.74, 6) is 0.495. The summed E-state index contributed by atoms with van der Waals surface area (Å²) < 4.78 is 5.00. The minimum atomic E-state index is -0.374. The molecule has 2 N–H and O–H groups in total. The first kappa shape index (κ1) is 11.6. The Morgan fingerprint density at radius 1 is 1.21 bits per heavy atom. The van der Waals surface area contributed by atoms with Crippen LogP contribution in [0.15, 0.2) is 42.5 Å². The highest BCUT2D eigenvalue weighted by atomic mass is 32.1. The molecule has 0 unspecified atom stereocenters. The van der Waals surface area contributed by atoms with Gasteiger partial charge in [-0.25, -0.2) is 0 Å². The number of aromatic nitrogens is 1. The lowest BCUT2D eigenvalue weighted by atomic mass is 10.0. The molecule has 0 fully saturated rings. The van der Waals surface area contributed by atoms with Crippen molar-refractivity contribution < 1.29 is 4.92 Å². The first-order chi connectivity index (χ1) is 9.16. The molecule has 0 saturated carbocycles. The number of hydrogen-bond acceptors (Lipinski definition) is 5. The van der Waals surface area contributed by atoms with Crippen LogP contribution in [0.3, 0.4) is 0 Å². The predicted molar refractivity (Wildman–Crippen MR) is 76.1 cm³/mol. The van der Waals surface area contributed by atoms with E-state index >= 15 is 0 Å². The van der Waals surface area contributed by atoms with E-state index in [0.717, 1.165) is 15.6 Å². The minimum Gasteiger partial charge on any atom is -0.382 e. The molecule has 94 valence electrons. The number of nitrogens with two attached hydrogens (primary N) is 1. The predicted octanol–water partition coefficient (Wildman–Crippen LogP) is 3.45.